The molecule has 1 saturated heterocycles. The first-order chi connectivity index (χ1) is 13.1. The van der Waals surface area contributed by atoms with Crippen molar-refractivity contribution in [3.05, 3.63) is 53.9 Å². The lowest BCUT2D eigenvalue weighted by molar-refractivity contribution is 0.0600. The Morgan fingerprint density at radius 1 is 1.22 bits per heavy atom. The molecule has 1 aromatic heterocycles. The van der Waals surface area contributed by atoms with E-state index in [9.17, 15) is 9.59 Å². The average Bonchev–Trinajstić information content (AvgIpc) is 2.73. The highest BCUT2D eigenvalue weighted by atomic mass is 16.5. The number of esters is 1. The minimum absolute atomic E-state index is 0.253. The van der Waals surface area contributed by atoms with Gasteiger partial charge in [-0.05, 0) is 49.9 Å². The minimum atomic E-state index is -0.439. The van der Waals surface area contributed by atoms with Gasteiger partial charge >= 0.3 is 5.97 Å². The van der Waals surface area contributed by atoms with Gasteiger partial charge in [0.1, 0.15) is 0 Å². The predicted octanol–water partition coefficient (Wildman–Crippen LogP) is 3.89. The van der Waals surface area contributed by atoms with Crippen LogP contribution >= 0.6 is 0 Å². The second kappa shape index (κ2) is 8.66. The van der Waals surface area contributed by atoms with Crippen molar-refractivity contribution in [3.8, 4) is 0 Å². The molecule has 1 fully saturated rings. The number of carbonyl (C=O) groups is 2. The molecule has 6 heteroatoms. The maximum Gasteiger partial charge on any atom is 0.337 e. The molecule has 1 amide bonds. The molecule has 0 aliphatic carbocycles. The fourth-order valence-electron chi connectivity index (χ4n) is 3.52. The molecule has 0 spiro atoms. The van der Waals surface area contributed by atoms with Gasteiger partial charge in [0, 0.05) is 24.5 Å². The zero-order chi connectivity index (χ0) is 19.2. The number of rotatable bonds is 5. The van der Waals surface area contributed by atoms with E-state index in [2.05, 4.69) is 22.1 Å². The van der Waals surface area contributed by atoms with Crippen LogP contribution in [0.5, 0.6) is 0 Å². The fraction of sp³-hybridized carbons (Fsp3) is 0.381. The molecule has 2 aromatic rings. The van der Waals surface area contributed by atoms with Crippen molar-refractivity contribution in [2.45, 2.75) is 38.6 Å². The summed E-state index contributed by atoms with van der Waals surface area (Å²) in [5, 5.41) is 2.83. The van der Waals surface area contributed by atoms with Gasteiger partial charge in [-0.3, -0.25) is 9.78 Å². The van der Waals surface area contributed by atoms with E-state index in [1.54, 1.807) is 30.5 Å². The van der Waals surface area contributed by atoms with Crippen molar-refractivity contribution >= 4 is 23.3 Å². The van der Waals surface area contributed by atoms with Gasteiger partial charge in [-0.2, -0.15) is 0 Å². The fourth-order valence-corrected chi connectivity index (χ4v) is 3.52. The lowest BCUT2D eigenvalue weighted by Crippen LogP contribution is -2.39. The highest BCUT2D eigenvalue weighted by Crippen LogP contribution is 2.26. The topological polar surface area (TPSA) is 71.5 Å². The van der Waals surface area contributed by atoms with Gasteiger partial charge < -0.3 is 15.0 Å². The number of carbonyl (C=O) groups excluding carboxylic acids is 2. The molecule has 3 rings (SSSR count). The predicted molar refractivity (Wildman–Crippen MR) is 105 cm³/mol. The number of nitrogens with zero attached hydrogens (tertiary/aromatic N) is 2. The molecule has 1 atom stereocenters. The van der Waals surface area contributed by atoms with Crippen LogP contribution < -0.4 is 10.2 Å². The average molecular weight is 367 g/mol. The minimum Gasteiger partial charge on any atom is -0.465 e. The third kappa shape index (κ3) is 4.45. The molecular formula is C21H25N3O3. The van der Waals surface area contributed by atoms with Crippen LogP contribution in [0.2, 0.25) is 0 Å². The van der Waals surface area contributed by atoms with Gasteiger partial charge in [0.05, 0.1) is 30.1 Å². The number of ether oxygens (including phenoxy) is 1. The Bertz CT molecular complexity index is 822. The summed E-state index contributed by atoms with van der Waals surface area (Å²) in [5.74, 6) is -0.693. The number of aromatic nitrogens is 1. The second-order valence-electron chi connectivity index (χ2n) is 6.71. The number of nitrogens with one attached hydrogen (secondary N) is 1. The number of hydrogen-bond acceptors (Lipinski definition) is 5. The van der Waals surface area contributed by atoms with E-state index in [1.807, 2.05) is 12.3 Å². The Morgan fingerprint density at radius 2 is 2.07 bits per heavy atom. The largest absolute Gasteiger partial charge is 0.465 e. The molecule has 1 aliphatic rings. The number of pyridine rings is 1. The number of methoxy groups -OCH3 is 1. The van der Waals surface area contributed by atoms with Crippen molar-refractivity contribution in [2.24, 2.45) is 0 Å². The van der Waals surface area contributed by atoms with Gasteiger partial charge in [-0.25, -0.2) is 4.79 Å². The smallest absolute Gasteiger partial charge is 0.337 e. The molecule has 1 aliphatic heterocycles. The van der Waals surface area contributed by atoms with E-state index in [4.69, 9.17) is 4.74 Å². The summed E-state index contributed by atoms with van der Waals surface area (Å²) in [4.78, 5) is 30.9. The van der Waals surface area contributed by atoms with E-state index in [0.29, 0.717) is 22.9 Å². The van der Waals surface area contributed by atoms with Crippen LogP contribution in [-0.2, 0) is 4.74 Å². The van der Waals surface area contributed by atoms with Gasteiger partial charge in [0.2, 0.25) is 0 Å². The monoisotopic (exact) mass is 367 g/mol. The van der Waals surface area contributed by atoms with Gasteiger partial charge in [-0.15, -0.1) is 0 Å². The quantitative estimate of drug-likeness (QED) is 0.812. The van der Waals surface area contributed by atoms with Crippen LogP contribution in [0.1, 0.15) is 53.3 Å². The molecule has 0 radical (unpaired) electrons. The van der Waals surface area contributed by atoms with E-state index in [-0.39, 0.29) is 5.91 Å². The van der Waals surface area contributed by atoms with Crippen molar-refractivity contribution < 1.29 is 14.3 Å². The van der Waals surface area contributed by atoms with Crippen molar-refractivity contribution in [1.29, 1.82) is 0 Å². The molecule has 1 unspecified atom stereocenters. The summed E-state index contributed by atoms with van der Waals surface area (Å²) in [7, 11) is 1.33. The van der Waals surface area contributed by atoms with Crippen LogP contribution in [0, 0.1) is 0 Å². The van der Waals surface area contributed by atoms with Gasteiger partial charge in [0.15, 0.2) is 0 Å². The number of benzene rings is 1. The molecule has 0 bridgehead atoms. The highest BCUT2D eigenvalue weighted by molar-refractivity contribution is 6.05. The lowest BCUT2D eigenvalue weighted by atomic mass is 9.99. The Kier molecular flexibility index (Phi) is 6.06. The molecule has 142 valence electrons. The van der Waals surface area contributed by atoms with E-state index < -0.39 is 5.97 Å². The van der Waals surface area contributed by atoms with Crippen molar-refractivity contribution in [1.82, 2.24) is 4.98 Å². The third-order valence-corrected chi connectivity index (χ3v) is 4.96. The summed E-state index contributed by atoms with van der Waals surface area (Å²) in [6, 6.07) is 9.07. The lowest BCUT2D eigenvalue weighted by Gasteiger charge is -2.37. The first-order valence-electron chi connectivity index (χ1n) is 9.33. The number of anilines is 2. The summed E-state index contributed by atoms with van der Waals surface area (Å²) < 4.78 is 4.72. The van der Waals surface area contributed by atoms with Crippen molar-refractivity contribution in [3.63, 3.8) is 0 Å². The van der Waals surface area contributed by atoms with Crippen LogP contribution in [0.25, 0.3) is 0 Å². The molecule has 2 heterocycles. The number of hydrogen-bond donors (Lipinski definition) is 1. The maximum atomic E-state index is 12.7. The van der Waals surface area contributed by atoms with E-state index >= 15 is 0 Å². The molecular weight excluding hydrogens is 342 g/mol. The Labute approximate surface area is 159 Å². The Morgan fingerprint density at radius 3 is 2.85 bits per heavy atom. The Balaban J connectivity index is 1.77. The van der Waals surface area contributed by atoms with Gasteiger partial charge in [0.25, 0.3) is 5.91 Å². The molecule has 6 nitrogen and oxygen atoms in total. The van der Waals surface area contributed by atoms with Crippen LogP contribution in [0.3, 0.4) is 0 Å². The second-order valence-corrected chi connectivity index (χ2v) is 6.71. The summed E-state index contributed by atoms with van der Waals surface area (Å²) in [5.41, 5.74) is 2.41. The maximum absolute atomic E-state index is 12.7. The highest BCUT2D eigenvalue weighted by Gasteiger charge is 2.22. The summed E-state index contributed by atoms with van der Waals surface area (Å²) in [6.07, 6.45) is 8.05. The van der Waals surface area contributed by atoms with E-state index in [0.717, 1.165) is 25.1 Å². The summed E-state index contributed by atoms with van der Waals surface area (Å²) in [6.45, 7) is 3.19. The first kappa shape index (κ1) is 18.9. The number of amides is 1. The normalized spacial score (nSPS) is 16.7. The van der Waals surface area contributed by atoms with Crippen LogP contribution in [0.15, 0.2) is 42.7 Å². The zero-order valence-corrected chi connectivity index (χ0v) is 15.8. The first-order valence-corrected chi connectivity index (χ1v) is 9.33. The number of piperidine rings is 1. The Hall–Kier alpha value is -2.89. The molecule has 0 saturated carbocycles. The van der Waals surface area contributed by atoms with Crippen LogP contribution in [-0.4, -0.2) is 36.6 Å². The SMILES string of the molecule is CCC1CCCCN1c1cncc(C(=O)Nc2cccc(C(=O)OC)c2)c1. The van der Waals surface area contributed by atoms with Crippen LogP contribution in [0.4, 0.5) is 11.4 Å². The third-order valence-electron chi connectivity index (χ3n) is 4.96. The van der Waals surface area contributed by atoms with Gasteiger partial charge in [-0.1, -0.05) is 13.0 Å². The molecule has 27 heavy (non-hydrogen) atoms. The molecule has 1 N–H and O–H groups in total. The summed E-state index contributed by atoms with van der Waals surface area (Å²) >= 11 is 0. The van der Waals surface area contributed by atoms with Crippen molar-refractivity contribution in [2.75, 3.05) is 23.9 Å². The standard InChI is InChI=1S/C21H25N3O3/c1-3-18-9-4-5-10-24(18)19-12-16(13-22-14-19)20(25)23-17-8-6-7-15(11-17)21(26)27-2/h6-8,11-14,18H,3-5,9-10H2,1-2H3,(H,23,25). The van der Waals surface area contributed by atoms with E-state index in [1.165, 1.54) is 20.0 Å². The zero-order valence-electron chi connectivity index (χ0n) is 15.8. The molecule has 1 aromatic carbocycles.